The van der Waals surface area contributed by atoms with E-state index >= 15 is 0 Å². The lowest BCUT2D eigenvalue weighted by Crippen LogP contribution is -2.25. The van der Waals surface area contributed by atoms with Gasteiger partial charge in [0.15, 0.2) is 0 Å². The van der Waals surface area contributed by atoms with Crippen LogP contribution in [0.1, 0.15) is 23.0 Å². The summed E-state index contributed by atoms with van der Waals surface area (Å²) in [6.07, 6.45) is 0. The number of aromatic nitrogens is 2. The van der Waals surface area contributed by atoms with Crippen molar-refractivity contribution in [3.8, 4) is 22.8 Å². The predicted octanol–water partition coefficient (Wildman–Crippen LogP) is 3.24. The van der Waals surface area contributed by atoms with E-state index in [0.717, 1.165) is 5.75 Å². The molecule has 0 saturated carbocycles. The summed E-state index contributed by atoms with van der Waals surface area (Å²) in [5.41, 5.74) is 7.88. The summed E-state index contributed by atoms with van der Waals surface area (Å²) in [7, 11) is 0. The largest absolute Gasteiger partial charge is 0.490 e. The molecule has 0 aliphatic rings. The van der Waals surface area contributed by atoms with Crippen LogP contribution in [0, 0.1) is 6.92 Å². The summed E-state index contributed by atoms with van der Waals surface area (Å²) in [5, 5.41) is 2.80. The highest BCUT2D eigenvalue weighted by Gasteiger charge is 2.21. The van der Waals surface area contributed by atoms with Crippen molar-refractivity contribution in [1.82, 2.24) is 15.3 Å². The number of amides is 1. The van der Waals surface area contributed by atoms with E-state index in [1.165, 1.54) is 0 Å². The minimum atomic E-state index is -0.248. The number of para-hydroxylation sites is 2. The molecule has 0 fully saturated rings. The number of hydrogen-bond acceptors (Lipinski definition) is 6. The normalized spacial score (nSPS) is 10.4. The van der Waals surface area contributed by atoms with Crippen LogP contribution >= 0.6 is 0 Å². The summed E-state index contributed by atoms with van der Waals surface area (Å²) in [4.78, 5) is 21.1. The molecule has 1 amide bonds. The first-order valence-corrected chi connectivity index (χ1v) is 9.42. The molecule has 3 aromatic rings. The SMILES string of the molecule is CCNC(=O)c1c(C)nc(N)nc1-c1ccccc1OCCOc1ccccc1. The van der Waals surface area contributed by atoms with Crippen LogP contribution in [0.3, 0.4) is 0 Å². The molecule has 0 unspecified atom stereocenters. The van der Waals surface area contributed by atoms with Gasteiger partial charge in [-0.15, -0.1) is 0 Å². The number of nitrogen functional groups attached to an aromatic ring is 1. The molecule has 29 heavy (non-hydrogen) atoms. The fourth-order valence-electron chi connectivity index (χ4n) is 2.93. The van der Waals surface area contributed by atoms with Crippen molar-refractivity contribution in [3.05, 3.63) is 65.9 Å². The Hall–Kier alpha value is -3.61. The van der Waals surface area contributed by atoms with Crippen LogP contribution in [-0.4, -0.2) is 35.6 Å². The number of hydrogen-bond donors (Lipinski definition) is 2. The number of benzene rings is 2. The van der Waals surface area contributed by atoms with Gasteiger partial charge in [0.1, 0.15) is 24.7 Å². The van der Waals surface area contributed by atoms with E-state index in [-0.39, 0.29) is 11.9 Å². The van der Waals surface area contributed by atoms with Crippen molar-refractivity contribution in [2.45, 2.75) is 13.8 Å². The topological polar surface area (TPSA) is 99.4 Å². The molecule has 0 bridgehead atoms. The number of anilines is 1. The number of rotatable bonds is 8. The van der Waals surface area contributed by atoms with Crippen LogP contribution in [0.2, 0.25) is 0 Å². The van der Waals surface area contributed by atoms with Crippen molar-refractivity contribution >= 4 is 11.9 Å². The third-order valence-electron chi connectivity index (χ3n) is 4.17. The minimum absolute atomic E-state index is 0.104. The van der Waals surface area contributed by atoms with Crippen molar-refractivity contribution in [2.75, 3.05) is 25.5 Å². The van der Waals surface area contributed by atoms with Gasteiger partial charge in [0.25, 0.3) is 5.91 Å². The van der Waals surface area contributed by atoms with Crippen molar-refractivity contribution in [1.29, 1.82) is 0 Å². The predicted molar refractivity (Wildman–Crippen MR) is 112 cm³/mol. The molecule has 0 radical (unpaired) electrons. The van der Waals surface area contributed by atoms with E-state index in [2.05, 4.69) is 15.3 Å². The maximum Gasteiger partial charge on any atom is 0.255 e. The Bertz CT molecular complexity index is 977. The van der Waals surface area contributed by atoms with Gasteiger partial charge in [-0.3, -0.25) is 4.79 Å². The van der Waals surface area contributed by atoms with Gasteiger partial charge in [-0.2, -0.15) is 0 Å². The Morgan fingerprint density at radius 3 is 2.45 bits per heavy atom. The Morgan fingerprint density at radius 1 is 1.00 bits per heavy atom. The molecule has 0 aliphatic heterocycles. The highest BCUT2D eigenvalue weighted by Crippen LogP contribution is 2.32. The maximum absolute atomic E-state index is 12.6. The van der Waals surface area contributed by atoms with E-state index in [4.69, 9.17) is 15.2 Å². The van der Waals surface area contributed by atoms with Gasteiger partial charge >= 0.3 is 0 Å². The van der Waals surface area contributed by atoms with Gasteiger partial charge in [-0.25, -0.2) is 9.97 Å². The maximum atomic E-state index is 12.6. The molecule has 1 heterocycles. The molecule has 0 saturated heterocycles. The van der Waals surface area contributed by atoms with Crippen LogP contribution < -0.4 is 20.5 Å². The van der Waals surface area contributed by atoms with Crippen LogP contribution in [0.4, 0.5) is 5.95 Å². The molecule has 150 valence electrons. The fraction of sp³-hybridized carbons (Fsp3) is 0.227. The van der Waals surface area contributed by atoms with Gasteiger partial charge in [0.2, 0.25) is 5.95 Å². The smallest absolute Gasteiger partial charge is 0.255 e. The molecule has 7 heteroatoms. The average Bonchev–Trinajstić information content (AvgIpc) is 2.72. The molecule has 3 rings (SSSR count). The molecule has 2 aromatic carbocycles. The zero-order valence-corrected chi connectivity index (χ0v) is 16.5. The quantitative estimate of drug-likeness (QED) is 0.571. The molecule has 3 N–H and O–H groups in total. The molecular formula is C22H24N4O3. The first-order chi connectivity index (χ1) is 14.1. The highest BCUT2D eigenvalue weighted by atomic mass is 16.5. The van der Waals surface area contributed by atoms with E-state index in [1.54, 1.807) is 6.92 Å². The molecule has 0 atom stereocenters. The molecule has 0 spiro atoms. The molecular weight excluding hydrogens is 368 g/mol. The molecule has 1 aromatic heterocycles. The second-order valence-electron chi connectivity index (χ2n) is 6.26. The zero-order chi connectivity index (χ0) is 20.6. The molecule has 7 nitrogen and oxygen atoms in total. The standard InChI is InChI=1S/C22H24N4O3/c1-3-24-21(27)19-15(2)25-22(23)26-20(19)17-11-7-8-12-18(17)29-14-13-28-16-9-5-4-6-10-16/h4-12H,3,13-14H2,1-2H3,(H,24,27)(H2,23,25,26). The van der Waals surface area contributed by atoms with Crippen molar-refractivity contribution in [3.63, 3.8) is 0 Å². The number of nitrogens with two attached hydrogens (primary N) is 1. The van der Waals surface area contributed by atoms with Gasteiger partial charge in [0.05, 0.1) is 17.0 Å². The number of aryl methyl sites for hydroxylation is 1. The Balaban J connectivity index is 1.84. The summed E-state index contributed by atoms with van der Waals surface area (Å²) in [6.45, 7) is 4.81. The fourth-order valence-corrected chi connectivity index (χ4v) is 2.93. The molecule has 0 aliphatic carbocycles. The number of nitrogens with zero attached hydrogens (tertiary/aromatic N) is 2. The van der Waals surface area contributed by atoms with Crippen LogP contribution in [0.15, 0.2) is 54.6 Å². The number of carbonyl (C=O) groups is 1. The number of nitrogens with one attached hydrogen (secondary N) is 1. The van der Waals surface area contributed by atoms with Gasteiger partial charge in [-0.05, 0) is 38.1 Å². The number of carbonyl (C=O) groups excluding carboxylic acids is 1. The van der Waals surface area contributed by atoms with Crippen LogP contribution in [0.5, 0.6) is 11.5 Å². The Morgan fingerprint density at radius 2 is 1.69 bits per heavy atom. The van der Waals surface area contributed by atoms with Crippen LogP contribution in [0.25, 0.3) is 11.3 Å². The van der Waals surface area contributed by atoms with E-state index < -0.39 is 0 Å². The van der Waals surface area contributed by atoms with E-state index in [1.807, 2.05) is 61.5 Å². The van der Waals surface area contributed by atoms with Gasteiger partial charge in [-0.1, -0.05) is 30.3 Å². The highest BCUT2D eigenvalue weighted by molar-refractivity contribution is 6.01. The average molecular weight is 392 g/mol. The van der Waals surface area contributed by atoms with Gasteiger partial charge in [0, 0.05) is 12.1 Å². The number of ether oxygens (including phenoxy) is 2. The third kappa shape index (κ3) is 5.01. The summed E-state index contributed by atoms with van der Waals surface area (Å²) >= 11 is 0. The first kappa shape index (κ1) is 20.1. The van der Waals surface area contributed by atoms with E-state index in [9.17, 15) is 4.79 Å². The lowest BCUT2D eigenvalue weighted by atomic mass is 10.0. The second kappa shape index (κ2) is 9.54. The zero-order valence-electron chi connectivity index (χ0n) is 16.5. The lowest BCUT2D eigenvalue weighted by Gasteiger charge is -2.15. The lowest BCUT2D eigenvalue weighted by molar-refractivity contribution is 0.0955. The van der Waals surface area contributed by atoms with Crippen LogP contribution in [-0.2, 0) is 0 Å². The Labute approximate surface area is 169 Å². The summed E-state index contributed by atoms with van der Waals surface area (Å²) in [5.74, 6) is 1.23. The van der Waals surface area contributed by atoms with E-state index in [0.29, 0.717) is 48.0 Å². The monoisotopic (exact) mass is 392 g/mol. The summed E-state index contributed by atoms with van der Waals surface area (Å²) in [6, 6.07) is 16.9. The van der Waals surface area contributed by atoms with Crippen molar-refractivity contribution < 1.29 is 14.3 Å². The second-order valence-corrected chi connectivity index (χ2v) is 6.26. The first-order valence-electron chi connectivity index (χ1n) is 9.42. The van der Waals surface area contributed by atoms with Gasteiger partial charge < -0.3 is 20.5 Å². The summed E-state index contributed by atoms with van der Waals surface area (Å²) < 4.78 is 11.6. The third-order valence-corrected chi connectivity index (χ3v) is 4.17. The minimum Gasteiger partial charge on any atom is -0.490 e. The van der Waals surface area contributed by atoms with Crippen molar-refractivity contribution in [2.24, 2.45) is 0 Å². The Kier molecular flexibility index (Phi) is 6.63.